The van der Waals surface area contributed by atoms with E-state index in [1.165, 1.54) is 11.7 Å². The molecular formula is C10H11F3N6. The van der Waals surface area contributed by atoms with Crippen LogP contribution in [0.1, 0.15) is 17.3 Å². The fourth-order valence-electron chi connectivity index (χ4n) is 1.54. The number of nitrogens with one attached hydrogen (secondary N) is 1. The first-order valence-electron chi connectivity index (χ1n) is 5.36. The number of hydrogen-bond acceptors (Lipinski definition) is 5. The van der Waals surface area contributed by atoms with Crippen LogP contribution >= 0.6 is 0 Å². The lowest BCUT2D eigenvalue weighted by molar-refractivity contribution is -0.141. The molecule has 2 aromatic rings. The monoisotopic (exact) mass is 272 g/mol. The second kappa shape index (κ2) is 4.48. The summed E-state index contributed by atoms with van der Waals surface area (Å²) in [6, 6.07) is 0.835. The van der Waals surface area contributed by atoms with Crippen LogP contribution < -0.4 is 5.32 Å². The molecule has 0 spiro atoms. The Morgan fingerprint density at radius 3 is 2.32 bits per heavy atom. The van der Waals surface area contributed by atoms with Crippen LogP contribution in [-0.4, -0.2) is 31.8 Å². The summed E-state index contributed by atoms with van der Waals surface area (Å²) < 4.78 is 39.5. The first-order valence-corrected chi connectivity index (χ1v) is 5.36. The average molecular weight is 272 g/mol. The smallest absolute Gasteiger partial charge is 0.357 e. The minimum absolute atomic E-state index is 0.0183. The number of hydrogen-bond donors (Lipinski definition) is 1. The number of aromatic nitrogens is 5. The zero-order valence-corrected chi connectivity index (χ0v) is 10.4. The molecule has 0 aliphatic heterocycles. The summed E-state index contributed by atoms with van der Waals surface area (Å²) in [7, 11) is 1.44. The molecule has 1 N–H and O–H groups in total. The Balaban J connectivity index is 2.60. The molecule has 0 atom stereocenters. The summed E-state index contributed by atoms with van der Waals surface area (Å²) in [5.74, 6) is 0.796. The van der Waals surface area contributed by atoms with Gasteiger partial charge >= 0.3 is 6.18 Å². The third kappa shape index (κ3) is 2.64. The highest BCUT2D eigenvalue weighted by Gasteiger charge is 2.34. The van der Waals surface area contributed by atoms with Gasteiger partial charge in [0.05, 0.1) is 0 Å². The molecule has 0 unspecified atom stereocenters. The van der Waals surface area contributed by atoms with Crippen LogP contribution in [0, 0.1) is 13.8 Å². The zero-order chi connectivity index (χ0) is 14.2. The van der Waals surface area contributed by atoms with Gasteiger partial charge in [-0.15, -0.1) is 5.10 Å². The lowest BCUT2D eigenvalue weighted by atomic mass is 10.4. The van der Waals surface area contributed by atoms with E-state index in [0.29, 0.717) is 11.6 Å². The summed E-state index contributed by atoms with van der Waals surface area (Å²) >= 11 is 0. The molecular weight excluding hydrogens is 261 g/mol. The zero-order valence-electron chi connectivity index (χ0n) is 10.4. The van der Waals surface area contributed by atoms with Gasteiger partial charge in [-0.2, -0.15) is 22.8 Å². The summed E-state index contributed by atoms with van der Waals surface area (Å²) in [5.41, 5.74) is -1.03. The molecule has 0 fully saturated rings. The van der Waals surface area contributed by atoms with Crippen molar-refractivity contribution in [3.63, 3.8) is 0 Å². The Morgan fingerprint density at radius 2 is 1.84 bits per heavy atom. The van der Waals surface area contributed by atoms with Gasteiger partial charge in [-0.25, -0.2) is 9.97 Å². The van der Waals surface area contributed by atoms with E-state index in [0.717, 1.165) is 6.07 Å². The lowest BCUT2D eigenvalue weighted by Gasteiger charge is -2.10. The van der Waals surface area contributed by atoms with E-state index in [4.69, 9.17) is 0 Å². The van der Waals surface area contributed by atoms with Gasteiger partial charge in [0.25, 0.3) is 0 Å². The quantitative estimate of drug-likeness (QED) is 0.901. The molecule has 19 heavy (non-hydrogen) atoms. The molecule has 9 heteroatoms. The van der Waals surface area contributed by atoms with Gasteiger partial charge in [0.2, 0.25) is 5.95 Å². The molecule has 0 aliphatic rings. The number of alkyl halides is 3. The van der Waals surface area contributed by atoms with Gasteiger partial charge in [-0.1, -0.05) is 0 Å². The van der Waals surface area contributed by atoms with Crippen molar-refractivity contribution in [1.29, 1.82) is 0 Å². The number of halogens is 3. The largest absolute Gasteiger partial charge is 0.433 e. The van der Waals surface area contributed by atoms with Crippen LogP contribution in [0.5, 0.6) is 0 Å². The molecule has 2 rings (SSSR count). The van der Waals surface area contributed by atoms with Crippen LogP contribution in [-0.2, 0) is 6.18 Å². The molecule has 0 saturated carbocycles. The number of aryl methyl sites for hydroxylation is 2. The summed E-state index contributed by atoms with van der Waals surface area (Å²) in [5, 5.41) is 6.49. The van der Waals surface area contributed by atoms with Gasteiger partial charge in [0.15, 0.2) is 11.5 Å². The summed E-state index contributed by atoms with van der Waals surface area (Å²) in [6.45, 7) is 3.28. The Hall–Kier alpha value is -2.19. The number of anilines is 1. The first-order chi connectivity index (χ1) is 8.81. The maximum absolute atomic E-state index is 12.7. The van der Waals surface area contributed by atoms with Crippen molar-refractivity contribution >= 4 is 5.95 Å². The third-order valence-electron chi connectivity index (χ3n) is 2.32. The molecule has 0 aromatic carbocycles. The highest BCUT2D eigenvalue weighted by molar-refractivity contribution is 5.35. The SMILES string of the molecule is CNc1nc(-n2nc(C)nc2C)cc(C(F)(F)F)n1. The number of nitrogens with zero attached hydrogens (tertiary/aromatic N) is 5. The van der Waals surface area contributed by atoms with Crippen LogP contribution in [0.2, 0.25) is 0 Å². The van der Waals surface area contributed by atoms with E-state index in [-0.39, 0.29) is 11.8 Å². The molecule has 0 saturated heterocycles. The van der Waals surface area contributed by atoms with Gasteiger partial charge in [0.1, 0.15) is 11.6 Å². The van der Waals surface area contributed by atoms with Crippen LogP contribution in [0.3, 0.4) is 0 Å². The van der Waals surface area contributed by atoms with Crippen molar-refractivity contribution in [2.75, 3.05) is 12.4 Å². The van der Waals surface area contributed by atoms with Crippen molar-refractivity contribution in [1.82, 2.24) is 24.7 Å². The van der Waals surface area contributed by atoms with E-state index in [1.54, 1.807) is 13.8 Å². The van der Waals surface area contributed by atoms with E-state index in [9.17, 15) is 13.2 Å². The molecule has 2 heterocycles. The Bertz CT molecular complexity index is 604. The second-order valence-electron chi connectivity index (χ2n) is 3.80. The van der Waals surface area contributed by atoms with Gasteiger partial charge in [-0.05, 0) is 13.8 Å². The van der Waals surface area contributed by atoms with E-state index in [1.807, 2.05) is 0 Å². The fraction of sp³-hybridized carbons (Fsp3) is 0.400. The van der Waals surface area contributed by atoms with Crippen molar-refractivity contribution in [3.8, 4) is 5.82 Å². The highest BCUT2D eigenvalue weighted by Crippen LogP contribution is 2.29. The molecule has 0 aliphatic carbocycles. The Morgan fingerprint density at radius 1 is 1.16 bits per heavy atom. The predicted molar refractivity (Wildman–Crippen MR) is 61.0 cm³/mol. The molecule has 102 valence electrons. The van der Waals surface area contributed by atoms with E-state index in [2.05, 4.69) is 25.4 Å². The van der Waals surface area contributed by atoms with Crippen LogP contribution in [0.25, 0.3) is 5.82 Å². The van der Waals surface area contributed by atoms with Crippen LogP contribution in [0.4, 0.5) is 19.1 Å². The molecule has 0 amide bonds. The maximum atomic E-state index is 12.7. The van der Waals surface area contributed by atoms with Crippen molar-refractivity contribution in [2.45, 2.75) is 20.0 Å². The van der Waals surface area contributed by atoms with Crippen molar-refractivity contribution in [2.24, 2.45) is 0 Å². The molecule has 0 radical (unpaired) electrons. The van der Waals surface area contributed by atoms with Crippen molar-refractivity contribution in [3.05, 3.63) is 23.4 Å². The molecule has 6 nitrogen and oxygen atoms in total. The summed E-state index contributed by atoms with van der Waals surface area (Å²) in [6.07, 6.45) is -4.55. The maximum Gasteiger partial charge on any atom is 0.433 e. The standard InChI is InChI=1S/C10H11F3N6/c1-5-15-6(2)19(18-5)8-4-7(10(11,12)13)16-9(14-3)17-8/h4H,1-3H3,(H,14,16,17). The molecule has 0 bridgehead atoms. The minimum Gasteiger partial charge on any atom is -0.357 e. The van der Waals surface area contributed by atoms with Crippen molar-refractivity contribution < 1.29 is 13.2 Å². The minimum atomic E-state index is -4.55. The van der Waals surface area contributed by atoms with E-state index < -0.39 is 11.9 Å². The topological polar surface area (TPSA) is 68.5 Å². The number of rotatable bonds is 2. The van der Waals surface area contributed by atoms with Gasteiger partial charge in [-0.3, -0.25) is 0 Å². The first kappa shape index (κ1) is 13.2. The highest BCUT2D eigenvalue weighted by atomic mass is 19.4. The predicted octanol–water partition coefficient (Wildman–Crippen LogP) is 1.73. The second-order valence-corrected chi connectivity index (χ2v) is 3.80. The lowest BCUT2D eigenvalue weighted by Crippen LogP contribution is -2.14. The molecule has 2 aromatic heterocycles. The summed E-state index contributed by atoms with van der Waals surface area (Å²) in [4.78, 5) is 11.3. The normalized spacial score (nSPS) is 11.7. The fourth-order valence-corrected chi connectivity index (χ4v) is 1.54. The average Bonchev–Trinajstić information content (AvgIpc) is 2.66. The Labute approximate surface area is 106 Å². The van der Waals surface area contributed by atoms with Gasteiger partial charge < -0.3 is 5.32 Å². The van der Waals surface area contributed by atoms with Crippen LogP contribution in [0.15, 0.2) is 6.07 Å². The third-order valence-corrected chi connectivity index (χ3v) is 2.32. The Kier molecular flexibility index (Phi) is 3.13. The van der Waals surface area contributed by atoms with E-state index >= 15 is 0 Å². The van der Waals surface area contributed by atoms with Gasteiger partial charge in [0, 0.05) is 13.1 Å².